The van der Waals surface area contributed by atoms with Gasteiger partial charge in [0, 0.05) is 5.56 Å². The number of nitrogens with zero attached hydrogens (tertiary/aromatic N) is 3. The van der Waals surface area contributed by atoms with E-state index in [0.29, 0.717) is 11.1 Å². The van der Waals surface area contributed by atoms with E-state index in [1.165, 1.54) is 20.3 Å². The first-order valence-electron chi connectivity index (χ1n) is 14.0. The summed E-state index contributed by atoms with van der Waals surface area (Å²) in [6, 6.07) is 14.8. The summed E-state index contributed by atoms with van der Waals surface area (Å²) in [5, 5.41) is 12.1. The van der Waals surface area contributed by atoms with Crippen LogP contribution >= 0.6 is 0 Å². The Hall–Kier alpha value is -5.71. The average molecular weight is 759 g/mol. The zero-order valence-corrected chi connectivity index (χ0v) is 28.6. The van der Waals surface area contributed by atoms with Crippen LogP contribution in [0.2, 0.25) is 0 Å². The fourth-order valence-corrected chi connectivity index (χ4v) is 6.57. The zero-order valence-electron chi connectivity index (χ0n) is 26.2. The van der Waals surface area contributed by atoms with E-state index < -0.39 is 56.5 Å². The number of methoxy groups -OCH3 is 2. The Morgan fingerprint density at radius 1 is 0.686 bits per heavy atom. The van der Waals surface area contributed by atoms with E-state index in [1.54, 1.807) is 30.3 Å². The third-order valence-corrected chi connectivity index (χ3v) is 9.90. The largest absolute Gasteiger partial charge is 0.494 e. The van der Waals surface area contributed by atoms with Crippen LogP contribution in [0, 0.1) is 0 Å². The van der Waals surface area contributed by atoms with Crippen LogP contribution in [0.4, 0.5) is 28.4 Å². The Morgan fingerprint density at radius 2 is 1.31 bits per heavy atom. The Kier molecular flexibility index (Phi) is 9.71. The van der Waals surface area contributed by atoms with Gasteiger partial charge in [0.15, 0.2) is 0 Å². The van der Waals surface area contributed by atoms with Crippen molar-refractivity contribution in [2.45, 2.75) is 9.79 Å². The molecule has 5 rings (SSSR count). The fourth-order valence-electron chi connectivity index (χ4n) is 4.82. The smallest absolute Gasteiger partial charge is 0.298 e. The van der Waals surface area contributed by atoms with E-state index in [1.807, 2.05) is 0 Å². The van der Waals surface area contributed by atoms with Gasteiger partial charge in [0.1, 0.15) is 38.4 Å². The van der Waals surface area contributed by atoms with Gasteiger partial charge in [-0.25, -0.2) is 0 Å². The fraction of sp³-hybridized carbons (Fsp3) is 0.0667. The van der Waals surface area contributed by atoms with Crippen LogP contribution < -0.4 is 26.4 Å². The van der Waals surface area contributed by atoms with Crippen LogP contribution in [-0.2, 0) is 35.1 Å². The van der Waals surface area contributed by atoms with Gasteiger partial charge >= 0.3 is 0 Å². The molecule has 21 heteroatoms. The van der Waals surface area contributed by atoms with E-state index in [9.17, 15) is 43.7 Å². The number of rotatable bonds is 10. The highest BCUT2D eigenvalue weighted by Gasteiger charge is 2.34. The lowest BCUT2D eigenvalue weighted by molar-refractivity contribution is -0.109. The molecule has 0 radical (unpaired) electrons. The summed E-state index contributed by atoms with van der Waals surface area (Å²) in [7, 11) is -11.7. The molecule has 0 heterocycles. The van der Waals surface area contributed by atoms with Crippen molar-refractivity contribution in [1.29, 1.82) is 0 Å². The SMILES string of the molecule is COc1cc(-c2ccc(N/N=C3/C(=O)C(S(=O)(=O)O)=Cc4cc(S(=O)(=O)O)ccc43)c(OC)c2)ccc1N=Nc1cc(S(=O)(=O)O)c(N)cc1N. The Bertz CT molecular complexity index is 2550. The highest BCUT2D eigenvalue weighted by Crippen LogP contribution is 2.38. The topological polar surface area (TPSA) is 300 Å². The molecule has 0 atom stereocenters. The number of nitrogens with two attached hydrogens (primary N) is 2. The first-order chi connectivity index (χ1) is 23.8. The van der Waals surface area contributed by atoms with Gasteiger partial charge in [-0.1, -0.05) is 18.2 Å². The van der Waals surface area contributed by atoms with Gasteiger partial charge in [-0.2, -0.15) is 30.4 Å². The molecule has 0 saturated carbocycles. The second-order valence-corrected chi connectivity index (χ2v) is 14.7. The maximum absolute atomic E-state index is 13.1. The summed E-state index contributed by atoms with van der Waals surface area (Å²) in [6.07, 6.45) is 0.768. The van der Waals surface area contributed by atoms with Crippen molar-refractivity contribution in [2.75, 3.05) is 31.1 Å². The first kappa shape index (κ1) is 36.6. The summed E-state index contributed by atoms with van der Waals surface area (Å²) >= 11 is 0. The Morgan fingerprint density at radius 3 is 1.92 bits per heavy atom. The molecule has 266 valence electrons. The second-order valence-electron chi connectivity index (χ2n) is 10.5. The zero-order chi connectivity index (χ0) is 37.5. The number of allylic oxidation sites excluding steroid dienone is 1. The van der Waals surface area contributed by atoms with Crippen LogP contribution in [0.1, 0.15) is 11.1 Å². The highest BCUT2D eigenvalue weighted by atomic mass is 32.2. The van der Waals surface area contributed by atoms with E-state index in [-0.39, 0.29) is 51.1 Å². The number of carbonyl (C=O) groups is 1. The number of ketones is 1. The molecule has 18 nitrogen and oxygen atoms in total. The number of Topliss-reactive ketones (excluding diaryl/α,β-unsaturated/α-hetero) is 1. The van der Waals surface area contributed by atoms with Crippen molar-refractivity contribution in [3.63, 3.8) is 0 Å². The van der Waals surface area contributed by atoms with E-state index >= 15 is 0 Å². The predicted octanol–water partition coefficient (Wildman–Crippen LogP) is 4.07. The van der Waals surface area contributed by atoms with Crippen LogP contribution in [0.25, 0.3) is 17.2 Å². The number of nitrogen functional groups attached to an aromatic ring is 2. The van der Waals surface area contributed by atoms with Crippen molar-refractivity contribution in [2.24, 2.45) is 15.3 Å². The van der Waals surface area contributed by atoms with Crippen LogP contribution in [0.3, 0.4) is 0 Å². The summed E-state index contributed by atoms with van der Waals surface area (Å²) in [4.78, 5) is 10.8. The first-order valence-corrected chi connectivity index (χ1v) is 18.3. The molecular weight excluding hydrogens is 733 g/mol. The number of hydrazone groups is 1. The molecule has 1 aliphatic carbocycles. The van der Waals surface area contributed by atoms with Crippen molar-refractivity contribution in [3.05, 3.63) is 82.8 Å². The molecule has 4 aromatic rings. The summed E-state index contributed by atoms with van der Waals surface area (Å²) in [6.45, 7) is 0. The second kappa shape index (κ2) is 13.5. The van der Waals surface area contributed by atoms with Gasteiger partial charge in [-0.3, -0.25) is 23.9 Å². The maximum Gasteiger partial charge on any atom is 0.298 e. The molecule has 0 saturated heterocycles. The molecule has 0 unspecified atom stereocenters. The standard InChI is InChI=1S/C30H26N6O12S3/c1-47-25-10-15(3-7-22(25)33-35-24-14-27(50(41,42)43)21(32)13-20(24)31)16-4-8-23(26(11-16)48-2)34-36-29-19-6-5-18(49(38,39)40)9-17(19)12-28(30(29)37)51(44,45)46/h3-14,34H,31-32H2,1-2H3,(H,38,39,40)(H,41,42,43)(H,44,45,46)/b35-33?,36-29+. The number of fused-ring (bicyclic) bond motifs is 1. The predicted molar refractivity (Wildman–Crippen MR) is 185 cm³/mol. The lowest BCUT2D eigenvalue weighted by Crippen LogP contribution is -2.27. The monoisotopic (exact) mass is 758 g/mol. The number of anilines is 3. The summed E-state index contributed by atoms with van der Waals surface area (Å²) in [5.41, 5.74) is 14.9. The molecule has 0 aromatic heterocycles. The lowest BCUT2D eigenvalue weighted by atomic mass is 9.94. The number of azo groups is 1. The van der Waals surface area contributed by atoms with Gasteiger partial charge in [0.05, 0.1) is 36.2 Å². The Balaban J connectivity index is 1.46. The minimum atomic E-state index is -5.07. The van der Waals surface area contributed by atoms with E-state index in [0.717, 1.165) is 36.4 Å². The molecule has 0 fully saturated rings. The molecule has 8 N–H and O–H groups in total. The number of ether oxygens (including phenoxy) is 2. The van der Waals surface area contributed by atoms with Gasteiger partial charge in [-0.15, -0.1) is 10.2 Å². The van der Waals surface area contributed by atoms with E-state index in [4.69, 9.17) is 20.9 Å². The van der Waals surface area contributed by atoms with Crippen LogP contribution in [0.5, 0.6) is 11.5 Å². The van der Waals surface area contributed by atoms with Crippen molar-refractivity contribution >= 4 is 76.4 Å². The molecular formula is C30H26N6O12S3. The third kappa shape index (κ3) is 7.72. The van der Waals surface area contributed by atoms with Crippen molar-refractivity contribution < 1.29 is 53.2 Å². The summed E-state index contributed by atoms with van der Waals surface area (Å²) in [5.74, 6) is -0.721. The third-order valence-electron chi connectivity index (χ3n) is 7.28. The van der Waals surface area contributed by atoms with Gasteiger partial charge in [-0.05, 0) is 71.3 Å². The molecule has 0 aliphatic heterocycles. The van der Waals surface area contributed by atoms with Gasteiger partial charge in [0.2, 0.25) is 5.78 Å². The van der Waals surface area contributed by atoms with Crippen LogP contribution in [0.15, 0.2) is 96.8 Å². The number of benzene rings is 4. The van der Waals surface area contributed by atoms with Gasteiger partial charge in [0.25, 0.3) is 30.4 Å². The highest BCUT2D eigenvalue weighted by molar-refractivity contribution is 7.91. The van der Waals surface area contributed by atoms with E-state index in [2.05, 4.69) is 20.8 Å². The van der Waals surface area contributed by atoms with Crippen molar-refractivity contribution in [1.82, 2.24) is 0 Å². The Labute approximate surface area is 290 Å². The average Bonchev–Trinajstić information content (AvgIpc) is 3.05. The molecule has 4 aromatic carbocycles. The minimum absolute atomic E-state index is 0.00357. The number of hydrogen-bond donors (Lipinski definition) is 6. The normalized spacial score (nSPS) is 14.3. The summed E-state index contributed by atoms with van der Waals surface area (Å²) < 4.78 is 110. The molecule has 51 heavy (non-hydrogen) atoms. The number of carbonyl (C=O) groups excluding carboxylic acids is 1. The molecule has 0 spiro atoms. The lowest BCUT2D eigenvalue weighted by Gasteiger charge is -2.17. The number of hydrogen-bond acceptors (Lipinski definition) is 15. The van der Waals surface area contributed by atoms with Crippen LogP contribution in [-0.4, -0.2) is 64.6 Å². The quantitative estimate of drug-likeness (QED) is 0.0575. The van der Waals surface area contributed by atoms with Crippen molar-refractivity contribution in [3.8, 4) is 22.6 Å². The number of nitrogens with one attached hydrogen (secondary N) is 1. The maximum atomic E-state index is 13.1. The molecule has 0 bridgehead atoms. The van der Waals surface area contributed by atoms with Gasteiger partial charge < -0.3 is 20.9 Å². The molecule has 1 aliphatic rings. The molecule has 0 amide bonds. The minimum Gasteiger partial charge on any atom is -0.494 e.